The quantitative estimate of drug-likeness (QED) is 0.185. The molecule has 0 unspecified atom stereocenters. The summed E-state index contributed by atoms with van der Waals surface area (Å²) in [5.74, 6) is -0.993. The zero-order valence-corrected chi connectivity index (χ0v) is 21.3. The Hall–Kier alpha value is -4.25. The van der Waals surface area contributed by atoms with Gasteiger partial charge in [0.25, 0.3) is 5.91 Å². The van der Waals surface area contributed by atoms with Crippen molar-refractivity contribution in [2.45, 2.75) is 38.8 Å². The minimum Gasteiger partial charge on any atom is -0.482 e. The van der Waals surface area contributed by atoms with Crippen LogP contribution in [-0.2, 0) is 19.0 Å². The first kappa shape index (κ1) is 28.3. The molecular formula is C27H31N3O8. The van der Waals surface area contributed by atoms with E-state index in [-0.39, 0.29) is 36.5 Å². The molecule has 1 heterocycles. The Morgan fingerprint density at radius 1 is 0.974 bits per heavy atom. The minimum atomic E-state index is -0.813. The molecule has 2 aromatic carbocycles. The van der Waals surface area contributed by atoms with Gasteiger partial charge in [-0.15, -0.1) is 0 Å². The van der Waals surface area contributed by atoms with Gasteiger partial charge in [0.15, 0.2) is 12.4 Å². The summed E-state index contributed by atoms with van der Waals surface area (Å²) in [6.45, 7) is 4.31. The van der Waals surface area contributed by atoms with E-state index >= 15 is 0 Å². The Balaban J connectivity index is 1.47. The summed E-state index contributed by atoms with van der Waals surface area (Å²) in [6, 6.07) is 11.4. The van der Waals surface area contributed by atoms with Gasteiger partial charge in [-0.3, -0.25) is 20.3 Å². The van der Waals surface area contributed by atoms with E-state index in [0.29, 0.717) is 42.9 Å². The summed E-state index contributed by atoms with van der Waals surface area (Å²) in [6.07, 6.45) is 0.444. The molecule has 0 saturated carbocycles. The van der Waals surface area contributed by atoms with Crippen LogP contribution in [0.1, 0.15) is 53.0 Å². The molecule has 11 heteroatoms. The van der Waals surface area contributed by atoms with Gasteiger partial charge in [-0.2, -0.15) is 0 Å². The Kier molecular flexibility index (Phi) is 10.4. The van der Waals surface area contributed by atoms with Crippen molar-refractivity contribution in [3.8, 4) is 5.75 Å². The largest absolute Gasteiger partial charge is 0.482 e. The van der Waals surface area contributed by atoms with E-state index in [1.807, 2.05) is 0 Å². The highest BCUT2D eigenvalue weighted by molar-refractivity contribution is 6.06. The first-order valence-corrected chi connectivity index (χ1v) is 12.2. The Morgan fingerprint density at radius 3 is 2.21 bits per heavy atom. The van der Waals surface area contributed by atoms with Crippen LogP contribution in [0.4, 0.5) is 4.79 Å². The monoisotopic (exact) mass is 525 g/mol. The molecule has 0 radical (unpaired) electrons. The van der Waals surface area contributed by atoms with E-state index in [2.05, 4.69) is 10.6 Å². The maximum atomic E-state index is 12.8. The Labute approximate surface area is 220 Å². The molecule has 0 aliphatic carbocycles. The molecule has 3 N–H and O–H groups in total. The molecule has 2 aromatic rings. The number of rotatable bonds is 10. The molecule has 0 aromatic heterocycles. The van der Waals surface area contributed by atoms with Crippen molar-refractivity contribution in [1.29, 1.82) is 5.41 Å². The number of hydrogen-bond acceptors (Lipinski definition) is 9. The van der Waals surface area contributed by atoms with Crippen LogP contribution in [0.3, 0.4) is 0 Å². The highest BCUT2D eigenvalue weighted by Gasteiger charge is 2.20. The Bertz CT molecular complexity index is 1140. The van der Waals surface area contributed by atoms with Crippen LogP contribution in [0.15, 0.2) is 48.5 Å². The topological polar surface area (TPSA) is 153 Å². The van der Waals surface area contributed by atoms with Gasteiger partial charge in [-0.25, -0.2) is 9.59 Å². The molecule has 38 heavy (non-hydrogen) atoms. The third kappa shape index (κ3) is 8.41. The fourth-order valence-electron chi connectivity index (χ4n) is 3.60. The minimum absolute atomic E-state index is 0.156. The van der Waals surface area contributed by atoms with Crippen molar-refractivity contribution >= 4 is 29.6 Å². The van der Waals surface area contributed by atoms with Gasteiger partial charge in [0.1, 0.15) is 17.7 Å². The average molecular weight is 526 g/mol. The van der Waals surface area contributed by atoms with Gasteiger partial charge in [0.05, 0.1) is 25.9 Å². The van der Waals surface area contributed by atoms with Crippen LogP contribution in [0.5, 0.6) is 5.75 Å². The van der Waals surface area contributed by atoms with Gasteiger partial charge < -0.3 is 24.3 Å². The molecule has 1 saturated heterocycles. The van der Waals surface area contributed by atoms with Crippen molar-refractivity contribution in [3.05, 3.63) is 65.2 Å². The number of ether oxygens (including phenoxy) is 4. The van der Waals surface area contributed by atoms with Crippen LogP contribution in [-0.4, -0.2) is 68.2 Å². The van der Waals surface area contributed by atoms with E-state index in [0.717, 1.165) is 0 Å². The van der Waals surface area contributed by atoms with E-state index in [9.17, 15) is 19.2 Å². The number of benzene rings is 2. The second kappa shape index (κ2) is 13.9. The summed E-state index contributed by atoms with van der Waals surface area (Å²) in [5, 5.41) is 12.8. The molecule has 0 bridgehead atoms. The van der Waals surface area contributed by atoms with Gasteiger partial charge in [-0.05, 0) is 50.2 Å². The summed E-state index contributed by atoms with van der Waals surface area (Å²) in [7, 11) is 0. The summed E-state index contributed by atoms with van der Waals surface area (Å²) in [4.78, 5) is 48.8. The zero-order chi connectivity index (χ0) is 27.5. The lowest BCUT2D eigenvalue weighted by Crippen LogP contribution is -2.38. The molecular weight excluding hydrogens is 494 g/mol. The van der Waals surface area contributed by atoms with E-state index in [1.165, 1.54) is 24.3 Å². The number of nitrogens with one attached hydrogen (secondary N) is 3. The zero-order valence-electron chi connectivity index (χ0n) is 21.3. The van der Waals surface area contributed by atoms with Crippen molar-refractivity contribution in [3.63, 3.8) is 0 Å². The first-order valence-electron chi connectivity index (χ1n) is 12.2. The lowest BCUT2D eigenvalue weighted by atomic mass is 10.0. The third-order valence-electron chi connectivity index (χ3n) is 5.64. The normalized spacial score (nSPS) is 14.1. The molecule has 0 spiro atoms. The molecule has 1 aliphatic rings. The number of esters is 1. The van der Waals surface area contributed by atoms with Crippen LogP contribution >= 0.6 is 0 Å². The van der Waals surface area contributed by atoms with Crippen LogP contribution in [0.25, 0.3) is 0 Å². The predicted octanol–water partition coefficient (Wildman–Crippen LogP) is 2.86. The van der Waals surface area contributed by atoms with Crippen molar-refractivity contribution in [2.24, 2.45) is 0 Å². The van der Waals surface area contributed by atoms with E-state index < -0.39 is 24.0 Å². The number of carbonyl (C=O) groups is 4. The van der Waals surface area contributed by atoms with Crippen molar-refractivity contribution in [1.82, 2.24) is 10.6 Å². The molecule has 1 aliphatic heterocycles. The maximum absolute atomic E-state index is 12.8. The maximum Gasteiger partial charge on any atom is 0.412 e. The lowest BCUT2D eigenvalue weighted by molar-refractivity contribution is -0.155. The molecule has 2 amide bonds. The number of hydrogen-bond donors (Lipinski definition) is 3. The van der Waals surface area contributed by atoms with Gasteiger partial charge >= 0.3 is 12.1 Å². The highest BCUT2D eigenvalue weighted by atomic mass is 16.6. The fraction of sp³-hybridized carbons (Fsp3) is 0.370. The highest BCUT2D eigenvalue weighted by Crippen LogP contribution is 2.15. The van der Waals surface area contributed by atoms with Gasteiger partial charge in [-0.1, -0.05) is 12.1 Å². The van der Waals surface area contributed by atoms with E-state index in [1.54, 1.807) is 38.1 Å². The van der Waals surface area contributed by atoms with Crippen LogP contribution < -0.4 is 15.4 Å². The lowest BCUT2D eigenvalue weighted by Gasteiger charge is -2.22. The third-order valence-corrected chi connectivity index (χ3v) is 5.64. The summed E-state index contributed by atoms with van der Waals surface area (Å²) < 4.78 is 20.8. The number of Topliss-reactive ketones (excluding diaryl/α,β-unsaturated/α-hetero) is 1. The first-order chi connectivity index (χ1) is 18.3. The number of amides is 2. The number of ketones is 1. The summed E-state index contributed by atoms with van der Waals surface area (Å²) >= 11 is 0. The fourth-order valence-corrected chi connectivity index (χ4v) is 3.60. The molecule has 3 rings (SSSR count). The summed E-state index contributed by atoms with van der Waals surface area (Å²) in [5.41, 5.74) is 1.04. The molecule has 1 fully saturated rings. The predicted molar refractivity (Wildman–Crippen MR) is 137 cm³/mol. The van der Waals surface area contributed by atoms with Gasteiger partial charge in [0.2, 0.25) is 0 Å². The SMILES string of the molecule is CCOC(=O)NC(=N)c1ccc(C(=O)N[C@@H](C)C(=O)c2ccc(OCC(=O)OC3CCOCC3)cc2)cc1. The molecule has 1 atom stereocenters. The smallest absolute Gasteiger partial charge is 0.412 e. The van der Waals surface area contributed by atoms with Crippen LogP contribution in [0, 0.1) is 5.41 Å². The van der Waals surface area contributed by atoms with Crippen molar-refractivity contribution in [2.75, 3.05) is 26.4 Å². The van der Waals surface area contributed by atoms with Crippen molar-refractivity contribution < 1.29 is 38.1 Å². The standard InChI is InChI=1S/C27H31N3O8/c1-3-36-27(34)30-25(28)19-4-6-20(7-5-19)26(33)29-17(2)24(32)18-8-10-21(11-9-18)37-16-23(31)38-22-12-14-35-15-13-22/h4-11,17,22H,3,12-16H2,1-2H3,(H,29,33)(H2,28,30,34)/t17-/m0/s1. The van der Waals surface area contributed by atoms with Gasteiger partial charge in [0, 0.05) is 29.5 Å². The number of alkyl carbamates (subject to hydrolysis) is 1. The number of carbonyl (C=O) groups excluding carboxylic acids is 4. The second-order valence-electron chi connectivity index (χ2n) is 8.47. The Morgan fingerprint density at radius 2 is 1.58 bits per heavy atom. The molecule has 202 valence electrons. The molecule has 11 nitrogen and oxygen atoms in total. The number of amidine groups is 1. The van der Waals surface area contributed by atoms with Crippen LogP contribution in [0.2, 0.25) is 0 Å². The average Bonchev–Trinajstić information content (AvgIpc) is 2.92. The van der Waals surface area contributed by atoms with E-state index in [4.69, 9.17) is 24.4 Å². The second-order valence-corrected chi connectivity index (χ2v) is 8.47.